The minimum Gasteiger partial charge on any atom is -0.319 e. The van der Waals surface area contributed by atoms with Gasteiger partial charge in [-0.15, -0.1) is 11.3 Å². The molecule has 1 amide bonds. The third-order valence-corrected chi connectivity index (χ3v) is 5.31. The highest BCUT2D eigenvalue weighted by Gasteiger charge is 2.19. The largest absolute Gasteiger partial charge is 0.319 e. The van der Waals surface area contributed by atoms with Crippen LogP contribution in [0.5, 0.6) is 0 Å². The summed E-state index contributed by atoms with van der Waals surface area (Å²) in [6.07, 6.45) is 6.37. The zero-order valence-electron chi connectivity index (χ0n) is 12.1. The number of thiophene rings is 1. The molecule has 0 atom stereocenters. The van der Waals surface area contributed by atoms with E-state index in [1.165, 1.54) is 23.2 Å². The lowest BCUT2D eigenvalue weighted by Crippen LogP contribution is -2.13. The average Bonchev–Trinajstić information content (AvgIpc) is 3.24. The molecule has 0 radical (unpaired) electrons. The minimum absolute atomic E-state index is 0.118. The molecule has 0 spiro atoms. The first-order valence-electron chi connectivity index (χ1n) is 7.28. The van der Waals surface area contributed by atoms with Crippen molar-refractivity contribution in [2.45, 2.75) is 19.3 Å². The molecule has 7 heteroatoms. The van der Waals surface area contributed by atoms with Gasteiger partial charge in [-0.2, -0.15) is 5.10 Å². The minimum atomic E-state index is -0.118. The Labute approximate surface area is 141 Å². The average molecular weight is 345 g/mol. The van der Waals surface area contributed by atoms with Gasteiger partial charge in [0.2, 0.25) is 0 Å². The third-order valence-electron chi connectivity index (χ3n) is 3.84. The van der Waals surface area contributed by atoms with Crippen molar-refractivity contribution in [2.75, 3.05) is 5.32 Å². The van der Waals surface area contributed by atoms with E-state index in [0.717, 1.165) is 23.4 Å². The fourth-order valence-electron chi connectivity index (χ4n) is 2.77. The van der Waals surface area contributed by atoms with E-state index in [1.54, 1.807) is 40.5 Å². The van der Waals surface area contributed by atoms with E-state index >= 15 is 0 Å². The van der Waals surface area contributed by atoms with Crippen LogP contribution < -0.4 is 5.32 Å². The Morgan fingerprint density at radius 2 is 2.22 bits per heavy atom. The zero-order chi connectivity index (χ0) is 15.8. The molecule has 23 heavy (non-hydrogen) atoms. The smallest absolute Gasteiger partial charge is 0.265 e. The number of rotatable bonds is 3. The van der Waals surface area contributed by atoms with E-state index in [2.05, 4.69) is 15.4 Å². The number of hydrogen-bond acceptors (Lipinski definition) is 4. The normalized spacial score (nSPS) is 13.1. The van der Waals surface area contributed by atoms with Crippen molar-refractivity contribution in [1.82, 2.24) is 14.8 Å². The molecule has 4 rings (SSSR count). The second kappa shape index (κ2) is 5.79. The monoisotopic (exact) mass is 344 g/mol. The lowest BCUT2D eigenvalue weighted by molar-refractivity contribution is 0.103. The van der Waals surface area contributed by atoms with Crippen molar-refractivity contribution in [3.05, 3.63) is 57.3 Å². The molecule has 0 aliphatic heterocycles. The molecule has 116 valence electrons. The van der Waals surface area contributed by atoms with Gasteiger partial charge < -0.3 is 5.32 Å². The van der Waals surface area contributed by atoms with Gasteiger partial charge in [0.05, 0.1) is 16.3 Å². The Hall–Kier alpha value is -2.18. The standard InChI is InChI=1S/C16H13ClN4OS/c17-11-4-5-13(21-9-18-8-19-21)12(7-11)20-16(22)15-6-10-2-1-3-14(10)23-15/h4-9H,1-3H2,(H,20,22). The van der Waals surface area contributed by atoms with Crippen LogP contribution in [0.1, 0.15) is 26.5 Å². The molecule has 0 bridgehead atoms. The van der Waals surface area contributed by atoms with Crippen LogP contribution in [0.15, 0.2) is 36.9 Å². The van der Waals surface area contributed by atoms with Gasteiger partial charge >= 0.3 is 0 Å². The van der Waals surface area contributed by atoms with Crippen molar-refractivity contribution >= 4 is 34.5 Å². The first-order chi connectivity index (χ1) is 11.2. The van der Waals surface area contributed by atoms with E-state index in [1.807, 2.05) is 6.07 Å². The quantitative estimate of drug-likeness (QED) is 0.787. The maximum absolute atomic E-state index is 12.6. The van der Waals surface area contributed by atoms with Gasteiger partial charge in [0.15, 0.2) is 0 Å². The van der Waals surface area contributed by atoms with Gasteiger partial charge in [-0.25, -0.2) is 9.67 Å². The molecule has 1 aliphatic carbocycles. The van der Waals surface area contributed by atoms with Crippen LogP contribution in [0, 0.1) is 0 Å². The topological polar surface area (TPSA) is 59.8 Å². The predicted molar refractivity (Wildman–Crippen MR) is 90.7 cm³/mol. The number of nitrogens with zero attached hydrogens (tertiary/aromatic N) is 3. The Morgan fingerprint density at radius 3 is 3.00 bits per heavy atom. The summed E-state index contributed by atoms with van der Waals surface area (Å²) in [5.74, 6) is -0.118. The number of fused-ring (bicyclic) bond motifs is 1. The van der Waals surface area contributed by atoms with Crippen LogP contribution in [-0.4, -0.2) is 20.7 Å². The number of hydrogen-bond donors (Lipinski definition) is 1. The van der Waals surface area contributed by atoms with Gasteiger partial charge in [0.1, 0.15) is 12.7 Å². The molecule has 3 aromatic rings. The predicted octanol–water partition coefficient (Wildman–Crippen LogP) is 3.72. The molecule has 1 aliphatic rings. The van der Waals surface area contributed by atoms with Crippen molar-refractivity contribution in [1.29, 1.82) is 0 Å². The lowest BCUT2D eigenvalue weighted by Gasteiger charge is -2.10. The first kappa shape index (κ1) is 14.4. The molecule has 1 aromatic carbocycles. The van der Waals surface area contributed by atoms with Gasteiger partial charge in [-0.05, 0) is 49.1 Å². The van der Waals surface area contributed by atoms with E-state index in [0.29, 0.717) is 10.7 Å². The number of aromatic nitrogens is 3. The summed E-state index contributed by atoms with van der Waals surface area (Å²) in [5, 5.41) is 7.61. The number of halogens is 1. The van der Waals surface area contributed by atoms with Crippen molar-refractivity contribution in [2.24, 2.45) is 0 Å². The van der Waals surface area contributed by atoms with Crippen LogP contribution in [0.4, 0.5) is 5.69 Å². The molecular weight excluding hydrogens is 332 g/mol. The molecule has 1 N–H and O–H groups in total. The number of anilines is 1. The highest BCUT2D eigenvalue weighted by atomic mass is 35.5. The fraction of sp³-hybridized carbons (Fsp3) is 0.188. The second-order valence-electron chi connectivity index (χ2n) is 5.37. The molecule has 2 aromatic heterocycles. The molecule has 2 heterocycles. The summed E-state index contributed by atoms with van der Waals surface area (Å²) >= 11 is 7.65. The molecule has 0 fully saturated rings. The van der Waals surface area contributed by atoms with Gasteiger partial charge in [0, 0.05) is 9.90 Å². The molecular formula is C16H13ClN4OS. The first-order valence-corrected chi connectivity index (χ1v) is 8.47. The molecule has 0 unspecified atom stereocenters. The van der Waals surface area contributed by atoms with Crippen molar-refractivity contribution < 1.29 is 4.79 Å². The SMILES string of the molecule is O=C(Nc1cc(Cl)ccc1-n1cncn1)c1cc2c(s1)CCC2. The molecule has 0 saturated heterocycles. The fourth-order valence-corrected chi connectivity index (χ4v) is 4.09. The molecule has 0 saturated carbocycles. The summed E-state index contributed by atoms with van der Waals surface area (Å²) in [6, 6.07) is 7.29. The Kier molecular flexibility index (Phi) is 3.63. The number of carbonyl (C=O) groups is 1. The highest BCUT2D eigenvalue weighted by molar-refractivity contribution is 7.14. The summed E-state index contributed by atoms with van der Waals surface area (Å²) in [5.41, 5.74) is 2.65. The summed E-state index contributed by atoms with van der Waals surface area (Å²) in [7, 11) is 0. The number of aryl methyl sites for hydroxylation is 2. The Bertz CT molecular complexity index is 851. The van der Waals surface area contributed by atoms with E-state index in [9.17, 15) is 4.79 Å². The number of benzene rings is 1. The summed E-state index contributed by atoms with van der Waals surface area (Å²) < 4.78 is 1.60. The molecule has 5 nitrogen and oxygen atoms in total. The summed E-state index contributed by atoms with van der Waals surface area (Å²) in [4.78, 5) is 18.6. The number of amides is 1. The summed E-state index contributed by atoms with van der Waals surface area (Å²) in [6.45, 7) is 0. The van der Waals surface area contributed by atoms with Crippen molar-refractivity contribution in [3.63, 3.8) is 0 Å². The maximum Gasteiger partial charge on any atom is 0.265 e. The van der Waals surface area contributed by atoms with E-state index < -0.39 is 0 Å². The maximum atomic E-state index is 12.6. The van der Waals surface area contributed by atoms with E-state index in [-0.39, 0.29) is 5.91 Å². The third kappa shape index (κ3) is 2.75. The Morgan fingerprint density at radius 1 is 1.30 bits per heavy atom. The van der Waals surface area contributed by atoms with Crippen LogP contribution in [-0.2, 0) is 12.8 Å². The second-order valence-corrected chi connectivity index (χ2v) is 6.94. The van der Waals surface area contributed by atoms with Gasteiger partial charge in [0.25, 0.3) is 5.91 Å². The van der Waals surface area contributed by atoms with Gasteiger partial charge in [-0.3, -0.25) is 4.79 Å². The van der Waals surface area contributed by atoms with Gasteiger partial charge in [-0.1, -0.05) is 11.6 Å². The highest BCUT2D eigenvalue weighted by Crippen LogP contribution is 2.31. The van der Waals surface area contributed by atoms with Crippen LogP contribution >= 0.6 is 22.9 Å². The lowest BCUT2D eigenvalue weighted by atomic mass is 10.2. The number of nitrogens with one attached hydrogen (secondary N) is 1. The van der Waals surface area contributed by atoms with Crippen LogP contribution in [0.2, 0.25) is 5.02 Å². The Balaban J connectivity index is 1.65. The van der Waals surface area contributed by atoms with Crippen molar-refractivity contribution in [3.8, 4) is 5.69 Å². The van der Waals surface area contributed by atoms with Crippen LogP contribution in [0.3, 0.4) is 0 Å². The zero-order valence-corrected chi connectivity index (χ0v) is 13.7. The number of carbonyl (C=O) groups excluding carboxylic acids is 1. The van der Waals surface area contributed by atoms with E-state index in [4.69, 9.17) is 11.6 Å². The van der Waals surface area contributed by atoms with Crippen LogP contribution in [0.25, 0.3) is 5.69 Å².